The molecule has 1 fully saturated rings. The third-order valence-electron chi connectivity index (χ3n) is 2.60. The first-order valence-corrected chi connectivity index (χ1v) is 8.61. The Bertz CT molecular complexity index is 361. The molecule has 20 heavy (non-hydrogen) atoms. The molecule has 0 N–H and O–H groups in total. The fraction of sp³-hybridized carbons (Fsp3) is 0.562. The van der Waals surface area contributed by atoms with Crippen molar-refractivity contribution in [3.05, 3.63) is 34.9 Å². The normalized spacial score (nSPS) is 14.4. The lowest BCUT2D eigenvalue weighted by Crippen LogP contribution is -2.28. The van der Waals surface area contributed by atoms with E-state index >= 15 is 0 Å². The monoisotopic (exact) mass is 315 g/mol. The van der Waals surface area contributed by atoms with Crippen LogP contribution in [0.1, 0.15) is 26.3 Å². The molecule has 0 aromatic heterocycles. The number of rotatable bonds is 2. The minimum atomic E-state index is 0.173. The second-order valence-corrected chi connectivity index (χ2v) is 6.08. The predicted molar refractivity (Wildman–Crippen MR) is 92.0 cm³/mol. The molecule has 1 aliphatic heterocycles. The van der Waals surface area contributed by atoms with E-state index in [1.54, 1.807) is 19.1 Å². The first-order valence-electron chi connectivity index (χ1n) is 7.08. The van der Waals surface area contributed by atoms with Gasteiger partial charge in [0.1, 0.15) is 5.78 Å². The van der Waals surface area contributed by atoms with Crippen molar-refractivity contribution in [3.63, 3.8) is 0 Å². The molecule has 0 aliphatic carbocycles. The molecule has 1 heterocycles. The maximum absolute atomic E-state index is 10.7. The summed E-state index contributed by atoms with van der Waals surface area (Å²) in [5.74, 6) is 2.83. The van der Waals surface area contributed by atoms with Gasteiger partial charge in [-0.25, -0.2) is 0 Å². The van der Waals surface area contributed by atoms with E-state index in [0.717, 1.165) is 5.56 Å². The average molecular weight is 316 g/mol. The smallest absolute Gasteiger partial charge is 0.134 e. The number of Topliss-reactive ketones (excluding diaryl/α,β-unsaturated/α-hetero) is 1. The average Bonchev–Trinajstić information content (AvgIpc) is 2.45. The van der Waals surface area contributed by atoms with Gasteiger partial charge in [0.15, 0.2) is 0 Å². The number of ketones is 1. The molecule has 1 aromatic carbocycles. The first-order chi connectivity index (χ1) is 9.58. The standard InChI is InChI=1S/C9H9ClO.C5H11NS.C2H6/c1-7(11)6-8-2-4-9(10)5-3-8;1-6-2-4-7-5-3-6;1-2/h2-5H,6H2,1H3;2-5H2,1H3;1-2H3. The number of carbonyl (C=O) groups is 1. The van der Waals surface area contributed by atoms with E-state index in [2.05, 4.69) is 23.7 Å². The third-order valence-corrected chi connectivity index (χ3v) is 3.80. The Morgan fingerprint density at radius 3 is 2.05 bits per heavy atom. The van der Waals surface area contributed by atoms with Gasteiger partial charge < -0.3 is 4.90 Å². The molecule has 0 bridgehead atoms. The van der Waals surface area contributed by atoms with Crippen molar-refractivity contribution in [3.8, 4) is 0 Å². The van der Waals surface area contributed by atoms with Crippen molar-refractivity contribution in [2.45, 2.75) is 27.2 Å². The summed E-state index contributed by atoms with van der Waals surface area (Å²) in [5, 5.41) is 0.706. The van der Waals surface area contributed by atoms with Crippen LogP contribution in [0, 0.1) is 0 Å². The lowest BCUT2D eigenvalue weighted by Gasteiger charge is -2.20. The minimum absolute atomic E-state index is 0.173. The van der Waals surface area contributed by atoms with Gasteiger partial charge in [0.05, 0.1) is 0 Å². The van der Waals surface area contributed by atoms with Crippen LogP contribution in [0.4, 0.5) is 0 Å². The highest BCUT2D eigenvalue weighted by Gasteiger charge is 2.02. The van der Waals surface area contributed by atoms with Crippen LogP contribution in [-0.2, 0) is 11.2 Å². The van der Waals surface area contributed by atoms with Gasteiger partial charge in [-0.3, -0.25) is 4.79 Å². The van der Waals surface area contributed by atoms with Crippen LogP contribution in [0.3, 0.4) is 0 Å². The van der Waals surface area contributed by atoms with Gasteiger partial charge >= 0.3 is 0 Å². The van der Waals surface area contributed by atoms with Gasteiger partial charge in [-0.15, -0.1) is 0 Å². The van der Waals surface area contributed by atoms with Crippen molar-refractivity contribution in [2.75, 3.05) is 31.6 Å². The topological polar surface area (TPSA) is 20.3 Å². The van der Waals surface area contributed by atoms with E-state index in [1.807, 2.05) is 26.0 Å². The van der Waals surface area contributed by atoms with Crippen molar-refractivity contribution < 1.29 is 4.79 Å². The molecule has 1 aromatic rings. The van der Waals surface area contributed by atoms with Crippen LogP contribution in [-0.4, -0.2) is 42.3 Å². The van der Waals surface area contributed by atoms with Crippen LogP contribution in [0.2, 0.25) is 5.02 Å². The summed E-state index contributed by atoms with van der Waals surface area (Å²) in [6.07, 6.45) is 0.497. The second-order valence-electron chi connectivity index (χ2n) is 4.42. The van der Waals surface area contributed by atoms with Crippen LogP contribution in [0.15, 0.2) is 24.3 Å². The Morgan fingerprint density at radius 1 is 1.20 bits per heavy atom. The summed E-state index contributed by atoms with van der Waals surface area (Å²) in [5.41, 5.74) is 1.02. The highest BCUT2D eigenvalue weighted by Crippen LogP contribution is 2.09. The van der Waals surface area contributed by atoms with Crippen LogP contribution in [0.25, 0.3) is 0 Å². The van der Waals surface area contributed by atoms with Gasteiger partial charge in [-0.05, 0) is 31.7 Å². The Kier molecular flexibility index (Phi) is 11.9. The first kappa shape index (κ1) is 19.5. The van der Waals surface area contributed by atoms with Gasteiger partial charge in [0, 0.05) is 36.0 Å². The van der Waals surface area contributed by atoms with E-state index < -0.39 is 0 Å². The van der Waals surface area contributed by atoms with Crippen molar-refractivity contribution in [2.24, 2.45) is 0 Å². The number of benzene rings is 1. The maximum Gasteiger partial charge on any atom is 0.134 e. The second kappa shape index (κ2) is 12.2. The van der Waals surface area contributed by atoms with E-state index in [-0.39, 0.29) is 5.78 Å². The number of nitrogens with zero attached hydrogens (tertiary/aromatic N) is 1. The maximum atomic E-state index is 10.7. The molecule has 0 radical (unpaired) electrons. The van der Waals surface area contributed by atoms with Crippen molar-refractivity contribution in [1.82, 2.24) is 4.90 Å². The zero-order valence-corrected chi connectivity index (χ0v) is 14.6. The fourth-order valence-corrected chi connectivity index (χ4v) is 2.76. The van der Waals surface area contributed by atoms with E-state index in [9.17, 15) is 4.79 Å². The van der Waals surface area contributed by atoms with Gasteiger partial charge in [0.2, 0.25) is 0 Å². The predicted octanol–water partition coefficient (Wildman–Crippen LogP) is 4.16. The quantitative estimate of drug-likeness (QED) is 0.817. The van der Waals surface area contributed by atoms with Gasteiger partial charge in [-0.1, -0.05) is 37.6 Å². The SMILES string of the molecule is CC.CC(=O)Cc1ccc(Cl)cc1.CN1CCSCC1. The van der Waals surface area contributed by atoms with Crippen molar-refractivity contribution in [1.29, 1.82) is 0 Å². The summed E-state index contributed by atoms with van der Waals surface area (Å²) in [7, 11) is 2.18. The Labute approximate surface area is 132 Å². The summed E-state index contributed by atoms with van der Waals surface area (Å²) in [6, 6.07) is 7.31. The van der Waals surface area contributed by atoms with Crippen LogP contribution in [0.5, 0.6) is 0 Å². The summed E-state index contributed by atoms with van der Waals surface area (Å²) >= 11 is 7.72. The van der Waals surface area contributed by atoms with E-state index in [1.165, 1.54) is 24.6 Å². The number of hydrogen-bond donors (Lipinski definition) is 0. The Hall–Kier alpha value is -0.510. The zero-order valence-electron chi connectivity index (χ0n) is 13.0. The fourth-order valence-electron chi connectivity index (χ4n) is 1.54. The van der Waals surface area contributed by atoms with Gasteiger partial charge in [0.25, 0.3) is 0 Å². The molecule has 0 amide bonds. The van der Waals surface area contributed by atoms with Crippen molar-refractivity contribution >= 4 is 29.1 Å². The van der Waals surface area contributed by atoms with Gasteiger partial charge in [-0.2, -0.15) is 11.8 Å². The molecule has 4 heteroatoms. The molecule has 1 saturated heterocycles. The Morgan fingerprint density at radius 2 is 1.70 bits per heavy atom. The molecule has 114 valence electrons. The molecular weight excluding hydrogens is 290 g/mol. The highest BCUT2D eigenvalue weighted by atomic mass is 35.5. The highest BCUT2D eigenvalue weighted by molar-refractivity contribution is 7.99. The minimum Gasteiger partial charge on any atom is -0.305 e. The zero-order chi connectivity index (χ0) is 15.4. The molecular formula is C16H26ClNOS. The summed E-state index contributed by atoms with van der Waals surface area (Å²) < 4.78 is 0. The van der Waals surface area contributed by atoms with E-state index in [4.69, 9.17) is 11.6 Å². The molecule has 0 spiro atoms. The number of carbonyl (C=O) groups excluding carboxylic acids is 1. The van der Waals surface area contributed by atoms with Crippen LogP contribution >= 0.6 is 23.4 Å². The van der Waals surface area contributed by atoms with E-state index in [0.29, 0.717) is 11.4 Å². The summed E-state index contributed by atoms with van der Waals surface area (Å²) in [6.45, 7) is 8.14. The summed E-state index contributed by atoms with van der Waals surface area (Å²) in [4.78, 5) is 13.0. The third kappa shape index (κ3) is 10.3. The lowest BCUT2D eigenvalue weighted by atomic mass is 10.1. The molecule has 1 aliphatic rings. The number of hydrogen-bond acceptors (Lipinski definition) is 3. The number of halogens is 1. The van der Waals surface area contributed by atoms with Crippen LogP contribution < -0.4 is 0 Å². The molecule has 0 unspecified atom stereocenters. The molecule has 0 saturated carbocycles. The molecule has 0 atom stereocenters. The number of thioether (sulfide) groups is 1. The molecule has 2 rings (SSSR count). The largest absolute Gasteiger partial charge is 0.305 e. The Balaban J connectivity index is 0.000000345. The lowest BCUT2D eigenvalue weighted by molar-refractivity contribution is -0.116. The molecule has 2 nitrogen and oxygen atoms in total.